The van der Waals surface area contributed by atoms with Gasteiger partial charge in [0.25, 0.3) is 0 Å². The summed E-state index contributed by atoms with van der Waals surface area (Å²) in [5.74, 6) is 0.290. The number of para-hydroxylation sites is 1. The first kappa shape index (κ1) is 19.9. The predicted molar refractivity (Wildman–Crippen MR) is 120 cm³/mol. The number of phenols is 3. The minimum Gasteiger partial charge on any atom is -0.508 e. The molecule has 0 spiro atoms. The number of aromatic hydroxyl groups is 3. The van der Waals surface area contributed by atoms with E-state index < -0.39 is 0 Å². The van der Waals surface area contributed by atoms with Crippen LogP contribution < -0.4 is 5.43 Å². The van der Waals surface area contributed by atoms with Crippen LogP contribution in [0.15, 0.2) is 77.9 Å². The summed E-state index contributed by atoms with van der Waals surface area (Å²) in [7, 11) is 0. The summed E-state index contributed by atoms with van der Waals surface area (Å²) in [6, 6.07) is 21.4. The Labute approximate surface area is 179 Å². The molecule has 0 amide bonds. The highest BCUT2D eigenvalue weighted by molar-refractivity contribution is 5.85. The first-order valence-electron chi connectivity index (χ1n) is 9.56. The van der Waals surface area contributed by atoms with E-state index in [1.807, 2.05) is 36.4 Å². The van der Waals surface area contributed by atoms with Gasteiger partial charge in [-0.15, -0.1) is 0 Å². The number of nitrogens with one attached hydrogen (secondary N) is 1. The lowest BCUT2D eigenvalue weighted by atomic mass is 10.1. The largest absolute Gasteiger partial charge is 0.508 e. The van der Waals surface area contributed by atoms with Crippen LogP contribution in [0.2, 0.25) is 0 Å². The Balaban J connectivity index is 1.71. The van der Waals surface area contributed by atoms with Gasteiger partial charge in [-0.3, -0.25) is 0 Å². The van der Waals surface area contributed by atoms with E-state index in [0.717, 1.165) is 5.56 Å². The van der Waals surface area contributed by atoms with Crippen molar-refractivity contribution in [3.8, 4) is 39.8 Å². The highest BCUT2D eigenvalue weighted by Crippen LogP contribution is 2.31. The first-order valence-corrected chi connectivity index (χ1v) is 9.56. The normalized spacial score (nSPS) is 11.0. The fourth-order valence-electron chi connectivity index (χ4n) is 3.06. The Morgan fingerprint density at radius 2 is 1.52 bits per heavy atom. The van der Waals surface area contributed by atoms with E-state index in [1.54, 1.807) is 37.3 Å². The van der Waals surface area contributed by atoms with Crippen molar-refractivity contribution in [2.75, 3.05) is 5.43 Å². The van der Waals surface area contributed by atoms with Crippen LogP contribution >= 0.6 is 0 Å². The Kier molecular flexibility index (Phi) is 5.49. The van der Waals surface area contributed by atoms with Gasteiger partial charge in [0.15, 0.2) is 0 Å². The molecular weight excluding hydrogens is 392 g/mol. The molecule has 154 valence electrons. The SMILES string of the molecule is Cc1c(O)ccc(C=NNc2nc(-c3ccccc3)cc(-c3ccccc3O)n2)c1O. The molecule has 1 heterocycles. The van der Waals surface area contributed by atoms with Crippen molar-refractivity contribution >= 4 is 12.2 Å². The summed E-state index contributed by atoms with van der Waals surface area (Å²) in [6.45, 7) is 1.61. The summed E-state index contributed by atoms with van der Waals surface area (Å²) in [5, 5.41) is 34.2. The molecule has 7 heteroatoms. The number of benzene rings is 3. The number of hydrazone groups is 1. The van der Waals surface area contributed by atoms with Gasteiger partial charge in [0.05, 0.1) is 17.6 Å². The zero-order valence-corrected chi connectivity index (χ0v) is 16.7. The minimum atomic E-state index is -0.0561. The van der Waals surface area contributed by atoms with E-state index in [4.69, 9.17) is 0 Å². The van der Waals surface area contributed by atoms with Gasteiger partial charge in [0.2, 0.25) is 5.95 Å². The number of rotatable bonds is 5. The number of hydrogen-bond acceptors (Lipinski definition) is 7. The molecule has 0 atom stereocenters. The van der Waals surface area contributed by atoms with Crippen molar-refractivity contribution in [2.45, 2.75) is 6.92 Å². The summed E-state index contributed by atoms with van der Waals surface area (Å²) in [5.41, 5.74) is 6.24. The van der Waals surface area contributed by atoms with Gasteiger partial charge in [-0.1, -0.05) is 42.5 Å². The zero-order valence-electron chi connectivity index (χ0n) is 16.7. The second-order valence-corrected chi connectivity index (χ2v) is 6.86. The molecule has 0 aliphatic rings. The van der Waals surface area contributed by atoms with E-state index >= 15 is 0 Å². The van der Waals surface area contributed by atoms with Gasteiger partial charge in [0, 0.05) is 22.3 Å². The third-order valence-electron chi connectivity index (χ3n) is 4.78. The molecule has 3 aromatic carbocycles. The highest BCUT2D eigenvalue weighted by atomic mass is 16.3. The van der Waals surface area contributed by atoms with E-state index in [-0.39, 0.29) is 23.2 Å². The Bertz CT molecular complexity index is 1260. The standard InChI is InChI=1S/C24H20N4O3/c1-15-21(29)12-11-17(23(15)31)14-25-28-24-26-19(16-7-3-2-4-8-16)13-20(27-24)18-9-5-6-10-22(18)30/h2-14,29-31H,1H3,(H,26,27,28). The lowest BCUT2D eigenvalue weighted by Gasteiger charge is -2.09. The fourth-order valence-corrected chi connectivity index (χ4v) is 3.06. The molecule has 31 heavy (non-hydrogen) atoms. The van der Waals surface area contributed by atoms with Crippen molar-refractivity contribution in [3.63, 3.8) is 0 Å². The smallest absolute Gasteiger partial charge is 0.244 e. The second kappa shape index (κ2) is 8.54. The Hall–Kier alpha value is -4.39. The number of aromatic nitrogens is 2. The molecule has 4 N–H and O–H groups in total. The zero-order chi connectivity index (χ0) is 21.8. The molecule has 0 aliphatic carbocycles. The average Bonchev–Trinajstić information content (AvgIpc) is 2.80. The molecule has 7 nitrogen and oxygen atoms in total. The first-order chi connectivity index (χ1) is 15.0. The van der Waals surface area contributed by atoms with E-state index in [0.29, 0.717) is 28.1 Å². The molecule has 0 aliphatic heterocycles. The quantitative estimate of drug-likeness (QED) is 0.280. The molecule has 0 radical (unpaired) electrons. The van der Waals surface area contributed by atoms with Crippen LogP contribution in [0.4, 0.5) is 5.95 Å². The van der Waals surface area contributed by atoms with Crippen molar-refractivity contribution in [2.24, 2.45) is 5.10 Å². The maximum absolute atomic E-state index is 10.3. The predicted octanol–water partition coefficient (Wildman–Crippen LogP) is 4.68. The molecule has 0 unspecified atom stereocenters. The fraction of sp³-hybridized carbons (Fsp3) is 0.0417. The van der Waals surface area contributed by atoms with Gasteiger partial charge in [-0.2, -0.15) is 5.10 Å². The third kappa shape index (κ3) is 4.30. The number of phenolic OH excluding ortho intramolecular Hbond substituents is 3. The van der Waals surface area contributed by atoms with Gasteiger partial charge in [0.1, 0.15) is 17.2 Å². The van der Waals surface area contributed by atoms with Crippen molar-refractivity contribution in [3.05, 3.63) is 83.9 Å². The average molecular weight is 412 g/mol. The molecule has 0 saturated heterocycles. The monoisotopic (exact) mass is 412 g/mol. The number of anilines is 1. The summed E-state index contributed by atoms with van der Waals surface area (Å²) < 4.78 is 0. The third-order valence-corrected chi connectivity index (χ3v) is 4.78. The van der Waals surface area contributed by atoms with Crippen LogP contribution in [-0.4, -0.2) is 31.5 Å². The van der Waals surface area contributed by atoms with E-state index in [1.165, 1.54) is 12.3 Å². The molecular formula is C24H20N4O3. The number of hydrogen-bond donors (Lipinski definition) is 4. The maximum Gasteiger partial charge on any atom is 0.244 e. The lowest BCUT2D eigenvalue weighted by Crippen LogP contribution is -2.00. The van der Waals surface area contributed by atoms with Crippen molar-refractivity contribution in [1.82, 2.24) is 9.97 Å². The lowest BCUT2D eigenvalue weighted by molar-refractivity contribution is 0.442. The van der Waals surface area contributed by atoms with Gasteiger partial charge >= 0.3 is 0 Å². The molecule has 0 saturated carbocycles. The number of nitrogens with zero attached hydrogens (tertiary/aromatic N) is 3. The molecule has 1 aromatic heterocycles. The van der Waals surface area contributed by atoms with Crippen LogP contribution in [-0.2, 0) is 0 Å². The van der Waals surface area contributed by atoms with Crippen LogP contribution in [0.1, 0.15) is 11.1 Å². The van der Waals surface area contributed by atoms with Gasteiger partial charge < -0.3 is 15.3 Å². The van der Waals surface area contributed by atoms with Crippen molar-refractivity contribution < 1.29 is 15.3 Å². The van der Waals surface area contributed by atoms with E-state index in [9.17, 15) is 15.3 Å². The highest BCUT2D eigenvalue weighted by Gasteiger charge is 2.11. The molecule has 0 fully saturated rings. The van der Waals surface area contributed by atoms with Crippen LogP contribution in [0.5, 0.6) is 17.2 Å². The van der Waals surface area contributed by atoms with Crippen LogP contribution in [0.25, 0.3) is 22.5 Å². The van der Waals surface area contributed by atoms with Crippen LogP contribution in [0, 0.1) is 6.92 Å². The minimum absolute atomic E-state index is 0.00816. The molecule has 4 aromatic rings. The molecule has 4 rings (SSSR count). The van der Waals surface area contributed by atoms with E-state index in [2.05, 4.69) is 20.5 Å². The molecule has 0 bridgehead atoms. The maximum atomic E-state index is 10.3. The van der Waals surface area contributed by atoms with Crippen LogP contribution in [0.3, 0.4) is 0 Å². The second-order valence-electron chi connectivity index (χ2n) is 6.86. The van der Waals surface area contributed by atoms with Gasteiger partial charge in [-0.25, -0.2) is 15.4 Å². The van der Waals surface area contributed by atoms with Crippen molar-refractivity contribution in [1.29, 1.82) is 0 Å². The Morgan fingerprint density at radius 3 is 2.29 bits per heavy atom. The topological polar surface area (TPSA) is 111 Å². The summed E-state index contributed by atoms with van der Waals surface area (Å²) in [4.78, 5) is 9.00. The summed E-state index contributed by atoms with van der Waals surface area (Å²) >= 11 is 0. The summed E-state index contributed by atoms with van der Waals surface area (Å²) in [6.07, 6.45) is 1.42. The van der Waals surface area contributed by atoms with Gasteiger partial charge in [-0.05, 0) is 37.3 Å². The Morgan fingerprint density at radius 1 is 0.806 bits per heavy atom.